The molecular weight excluding hydrogens is 487 g/mol. The van der Waals surface area contributed by atoms with Crippen LogP contribution in [0.15, 0.2) is 62.7 Å². The topological polar surface area (TPSA) is 110 Å². The highest BCUT2D eigenvalue weighted by atomic mass is 19.1. The Hall–Kier alpha value is -4.50. The number of carbonyl (C=O) groups excluding carboxylic acids is 1. The Morgan fingerprint density at radius 3 is 2.50 bits per heavy atom. The number of nitrogens with zero attached hydrogens (tertiary/aromatic N) is 2. The minimum atomic E-state index is -0.912. The molecule has 4 aromatic carbocycles. The third kappa shape index (κ3) is 3.21. The minimum absolute atomic E-state index is 0.0125. The molecule has 1 aliphatic rings. The van der Waals surface area contributed by atoms with Crippen LogP contribution in [0.5, 0.6) is 0 Å². The van der Waals surface area contributed by atoms with E-state index in [4.69, 9.17) is 10.2 Å². The first kappa shape index (κ1) is 22.7. The molecule has 190 valence electrons. The molecule has 3 N–H and O–H groups in total. The average molecular weight is 511 g/mol. The second kappa shape index (κ2) is 8.26. The first-order valence-electron chi connectivity index (χ1n) is 12.6. The molecule has 7 rings (SSSR count). The number of primary amides is 1. The fourth-order valence-corrected chi connectivity index (χ4v) is 5.82. The highest BCUT2D eigenvalue weighted by Crippen LogP contribution is 2.36. The van der Waals surface area contributed by atoms with Crippen LogP contribution in [-0.4, -0.2) is 41.4 Å². The Balaban J connectivity index is 1.56. The van der Waals surface area contributed by atoms with Crippen molar-refractivity contribution >= 4 is 60.7 Å². The number of hydrogen-bond acceptors (Lipinski definition) is 6. The molecule has 6 aromatic rings. The Morgan fingerprint density at radius 1 is 0.974 bits per heavy atom. The van der Waals surface area contributed by atoms with Crippen LogP contribution in [0.2, 0.25) is 0 Å². The van der Waals surface area contributed by atoms with Crippen LogP contribution in [0, 0.1) is 5.82 Å². The van der Waals surface area contributed by atoms with E-state index in [-0.39, 0.29) is 27.6 Å². The molecule has 2 aromatic heterocycles. The summed E-state index contributed by atoms with van der Waals surface area (Å²) in [6, 6.07) is 11.9. The van der Waals surface area contributed by atoms with Gasteiger partial charge in [-0.2, -0.15) is 0 Å². The number of pyridine rings is 1. The SMILES string of the molecule is NC(=O)c1cn2c3cc4c(cc3oc3c(NCCN5CCCC5)c(F)cc(c1=O)c32)c(=O)c1ccccc14. The molecule has 1 fully saturated rings. The van der Waals surface area contributed by atoms with Gasteiger partial charge >= 0.3 is 0 Å². The van der Waals surface area contributed by atoms with Gasteiger partial charge in [-0.05, 0) is 54.9 Å². The van der Waals surface area contributed by atoms with E-state index in [1.165, 1.54) is 6.20 Å². The monoisotopic (exact) mass is 510 g/mol. The van der Waals surface area contributed by atoms with E-state index in [2.05, 4.69) is 10.2 Å². The summed E-state index contributed by atoms with van der Waals surface area (Å²) in [5, 5.41) is 5.71. The largest absolute Gasteiger partial charge is 0.451 e. The summed E-state index contributed by atoms with van der Waals surface area (Å²) in [4.78, 5) is 40.8. The van der Waals surface area contributed by atoms with Crippen LogP contribution in [0.4, 0.5) is 10.1 Å². The number of likely N-dealkylation sites (tertiary alicyclic amines) is 1. The maximum absolute atomic E-state index is 15.5. The van der Waals surface area contributed by atoms with Gasteiger partial charge in [-0.25, -0.2) is 4.39 Å². The number of anilines is 1. The fraction of sp³-hybridized carbons (Fsp3) is 0.207. The molecule has 3 heterocycles. The normalized spacial score (nSPS) is 14.6. The lowest BCUT2D eigenvalue weighted by atomic mass is 10.1. The summed E-state index contributed by atoms with van der Waals surface area (Å²) in [5.41, 5.74) is 5.89. The lowest BCUT2D eigenvalue weighted by Gasteiger charge is -2.18. The van der Waals surface area contributed by atoms with Crippen molar-refractivity contribution in [3.63, 3.8) is 0 Å². The minimum Gasteiger partial charge on any atom is -0.451 e. The molecule has 1 saturated heterocycles. The lowest BCUT2D eigenvalue weighted by Crippen LogP contribution is -2.26. The van der Waals surface area contributed by atoms with Gasteiger partial charge in [0.05, 0.1) is 10.9 Å². The van der Waals surface area contributed by atoms with E-state index in [0.29, 0.717) is 33.9 Å². The summed E-state index contributed by atoms with van der Waals surface area (Å²) < 4.78 is 23.4. The molecular formula is C29H23FN4O4. The van der Waals surface area contributed by atoms with Gasteiger partial charge in [-0.3, -0.25) is 14.4 Å². The van der Waals surface area contributed by atoms with Crippen molar-refractivity contribution in [3.8, 4) is 0 Å². The Labute approximate surface area is 214 Å². The molecule has 38 heavy (non-hydrogen) atoms. The quantitative estimate of drug-likeness (QED) is 0.268. The van der Waals surface area contributed by atoms with Crippen molar-refractivity contribution in [2.24, 2.45) is 5.73 Å². The van der Waals surface area contributed by atoms with Crippen LogP contribution in [0.1, 0.15) is 23.2 Å². The van der Waals surface area contributed by atoms with Gasteiger partial charge in [0, 0.05) is 30.1 Å². The summed E-state index contributed by atoms with van der Waals surface area (Å²) in [7, 11) is 0. The molecule has 0 radical (unpaired) electrons. The van der Waals surface area contributed by atoms with Gasteiger partial charge in [0.25, 0.3) is 5.91 Å². The van der Waals surface area contributed by atoms with Gasteiger partial charge in [-0.1, -0.05) is 24.3 Å². The summed E-state index contributed by atoms with van der Waals surface area (Å²) >= 11 is 0. The smallest absolute Gasteiger partial charge is 0.254 e. The van der Waals surface area contributed by atoms with Gasteiger partial charge in [0.2, 0.25) is 5.43 Å². The molecule has 1 amide bonds. The first-order chi connectivity index (χ1) is 18.4. The van der Waals surface area contributed by atoms with Crippen LogP contribution in [-0.2, 0) is 0 Å². The van der Waals surface area contributed by atoms with Gasteiger partial charge < -0.3 is 24.8 Å². The molecule has 0 saturated carbocycles. The average Bonchev–Trinajstić information content (AvgIpc) is 3.52. The van der Waals surface area contributed by atoms with Crippen molar-refractivity contribution in [1.29, 1.82) is 0 Å². The number of amides is 1. The Kier molecular flexibility index (Phi) is 4.93. The van der Waals surface area contributed by atoms with Crippen molar-refractivity contribution in [2.45, 2.75) is 12.8 Å². The standard InChI is InChI=1S/C29H23FN4O4/c30-21-11-19-25-28(24(21)32-7-10-33-8-3-4-9-33)38-23-13-18-17(15-5-1-2-6-16(15)26(18)35)12-22(23)34(25)14-20(27(19)36)29(31)37/h1-2,5-6,11-14,32H,3-4,7-10H2,(H2,31,37). The molecule has 0 aliphatic carbocycles. The molecule has 0 atom stereocenters. The zero-order valence-corrected chi connectivity index (χ0v) is 20.3. The van der Waals surface area contributed by atoms with E-state index in [0.717, 1.165) is 49.3 Å². The van der Waals surface area contributed by atoms with Crippen molar-refractivity contribution in [1.82, 2.24) is 9.30 Å². The number of fused-ring (bicyclic) bond motifs is 5. The molecule has 9 heteroatoms. The molecule has 0 bridgehead atoms. The van der Waals surface area contributed by atoms with Crippen LogP contribution < -0.4 is 21.9 Å². The predicted molar refractivity (Wildman–Crippen MR) is 146 cm³/mol. The maximum atomic E-state index is 15.5. The first-order valence-corrected chi connectivity index (χ1v) is 12.6. The highest BCUT2D eigenvalue weighted by Gasteiger charge is 2.23. The second-order valence-corrected chi connectivity index (χ2v) is 9.88. The Bertz CT molecular complexity index is 2060. The molecule has 8 nitrogen and oxygen atoms in total. The van der Waals surface area contributed by atoms with Crippen molar-refractivity contribution in [3.05, 3.63) is 80.5 Å². The third-order valence-corrected chi connectivity index (χ3v) is 7.67. The van der Waals surface area contributed by atoms with Gasteiger partial charge in [-0.15, -0.1) is 0 Å². The molecule has 0 unspecified atom stereocenters. The summed E-state index contributed by atoms with van der Waals surface area (Å²) in [5.74, 6) is -1.59. The van der Waals surface area contributed by atoms with E-state index >= 15 is 4.39 Å². The van der Waals surface area contributed by atoms with Crippen LogP contribution >= 0.6 is 0 Å². The van der Waals surface area contributed by atoms with Crippen molar-refractivity contribution in [2.75, 3.05) is 31.5 Å². The third-order valence-electron chi connectivity index (χ3n) is 7.67. The lowest BCUT2D eigenvalue weighted by molar-refractivity contribution is 0.0999. The second-order valence-electron chi connectivity index (χ2n) is 9.88. The number of rotatable bonds is 5. The fourth-order valence-electron chi connectivity index (χ4n) is 5.82. The van der Waals surface area contributed by atoms with Crippen LogP contribution in [0.3, 0.4) is 0 Å². The van der Waals surface area contributed by atoms with E-state index in [9.17, 15) is 14.4 Å². The van der Waals surface area contributed by atoms with Crippen LogP contribution in [0.25, 0.3) is 49.1 Å². The van der Waals surface area contributed by atoms with E-state index < -0.39 is 17.2 Å². The number of nitrogens with one attached hydrogen (secondary N) is 1. The summed E-state index contributed by atoms with van der Waals surface area (Å²) in [6.07, 6.45) is 3.67. The van der Waals surface area contributed by atoms with Gasteiger partial charge in [0.1, 0.15) is 16.8 Å². The molecule has 0 spiro atoms. The summed E-state index contributed by atoms with van der Waals surface area (Å²) in [6.45, 7) is 3.24. The number of carbonyl (C=O) groups is 1. The number of nitrogens with two attached hydrogens (primary N) is 1. The number of aromatic nitrogens is 1. The number of benzene rings is 3. The maximum Gasteiger partial charge on any atom is 0.254 e. The molecule has 1 aliphatic heterocycles. The number of hydrogen-bond donors (Lipinski definition) is 2. The van der Waals surface area contributed by atoms with E-state index in [1.54, 1.807) is 22.6 Å². The zero-order chi connectivity index (χ0) is 26.1. The van der Waals surface area contributed by atoms with E-state index in [1.807, 2.05) is 18.2 Å². The highest BCUT2D eigenvalue weighted by molar-refractivity contribution is 6.15. The number of halogens is 1. The van der Waals surface area contributed by atoms with Crippen molar-refractivity contribution < 1.29 is 13.6 Å². The Morgan fingerprint density at radius 2 is 1.74 bits per heavy atom. The predicted octanol–water partition coefficient (Wildman–Crippen LogP) is 4.05. The van der Waals surface area contributed by atoms with Gasteiger partial charge in [0.15, 0.2) is 22.4 Å². The zero-order valence-electron chi connectivity index (χ0n) is 20.3.